The number of ether oxygens (including phenoxy) is 2. The van der Waals surface area contributed by atoms with Gasteiger partial charge in [0.2, 0.25) is 0 Å². The zero-order valence-corrected chi connectivity index (χ0v) is 15.9. The first kappa shape index (κ1) is 19.4. The number of carbonyl (C=O) groups excluding carboxylic acids is 1. The summed E-state index contributed by atoms with van der Waals surface area (Å²) in [5.41, 5.74) is 1.17. The van der Waals surface area contributed by atoms with E-state index in [-0.39, 0.29) is 28.7 Å². The van der Waals surface area contributed by atoms with Crippen LogP contribution < -0.4 is 9.46 Å². The molecule has 3 rings (SSSR count). The minimum Gasteiger partial charge on any atom is -0.504 e. The summed E-state index contributed by atoms with van der Waals surface area (Å²) >= 11 is 0. The molecule has 1 heterocycles. The van der Waals surface area contributed by atoms with Crippen LogP contribution in [0.25, 0.3) is 0 Å². The van der Waals surface area contributed by atoms with Gasteiger partial charge < -0.3 is 14.6 Å². The first-order chi connectivity index (χ1) is 13.4. The van der Waals surface area contributed by atoms with Crippen LogP contribution in [-0.2, 0) is 14.8 Å². The number of phenols is 1. The molecule has 2 N–H and O–H groups in total. The lowest BCUT2D eigenvalue weighted by molar-refractivity contribution is 0.0600. The number of fused-ring (bicyclic) bond motifs is 1. The summed E-state index contributed by atoms with van der Waals surface area (Å²) in [6.07, 6.45) is 1.52. The summed E-state index contributed by atoms with van der Waals surface area (Å²) in [7, 11) is -1.15. The number of aliphatic imine (C=N–C) groups is 2. The van der Waals surface area contributed by atoms with Gasteiger partial charge in [-0.05, 0) is 42.0 Å². The molecule has 2 aromatic carbocycles. The maximum absolute atomic E-state index is 12.3. The van der Waals surface area contributed by atoms with Gasteiger partial charge in [0.05, 0.1) is 24.7 Å². The highest BCUT2D eigenvalue weighted by Gasteiger charge is 2.31. The van der Waals surface area contributed by atoms with Gasteiger partial charge in [-0.2, -0.15) is 0 Å². The molecule has 146 valence electrons. The highest BCUT2D eigenvalue weighted by molar-refractivity contribution is 7.90. The number of sulfonamides is 1. The summed E-state index contributed by atoms with van der Waals surface area (Å²) in [4.78, 5) is 19.9. The predicted octanol–water partition coefficient (Wildman–Crippen LogP) is 1.30. The molecule has 0 aliphatic carbocycles. The van der Waals surface area contributed by atoms with Gasteiger partial charge in [-0.25, -0.2) is 18.2 Å². The van der Waals surface area contributed by atoms with Crippen LogP contribution in [-0.4, -0.2) is 52.4 Å². The second kappa shape index (κ2) is 7.69. The van der Waals surface area contributed by atoms with Crippen molar-refractivity contribution in [3.63, 3.8) is 0 Å². The number of carbonyl (C=O) groups is 1. The Kier molecular flexibility index (Phi) is 5.32. The highest BCUT2D eigenvalue weighted by Crippen LogP contribution is 2.26. The van der Waals surface area contributed by atoms with E-state index >= 15 is 0 Å². The van der Waals surface area contributed by atoms with Gasteiger partial charge in [0.1, 0.15) is 12.5 Å². The molecule has 0 bridgehead atoms. The maximum Gasteiger partial charge on any atom is 0.337 e. The number of benzene rings is 2. The normalized spacial score (nSPS) is 16.0. The number of methoxy groups -OCH3 is 2. The van der Waals surface area contributed by atoms with Crippen LogP contribution in [0.5, 0.6) is 11.5 Å². The fourth-order valence-electron chi connectivity index (χ4n) is 2.57. The lowest BCUT2D eigenvalue weighted by Gasteiger charge is -2.03. The van der Waals surface area contributed by atoms with Gasteiger partial charge >= 0.3 is 5.97 Å². The molecule has 28 heavy (non-hydrogen) atoms. The van der Waals surface area contributed by atoms with Crippen molar-refractivity contribution >= 4 is 28.0 Å². The number of esters is 1. The predicted molar refractivity (Wildman–Crippen MR) is 102 cm³/mol. The number of nitrogens with one attached hydrogen (secondary N) is 1. The third-order valence-electron chi connectivity index (χ3n) is 3.93. The van der Waals surface area contributed by atoms with Gasteiger partial charge in [-0.15, -0.1) is 0 Å². The van der Waals surface area contributed by atoms with Crippen molar-refractivity contribution in [3.05, 3.63) is 53.1 Å². The molecule has 10 heteroatoms. The number of amidine groups is 1. The van der Waals surface area contributed by atoms with Crippen LogP contribution in [0.1, 0.15) is 21.5 Å². The molecule has 0 aromatic heterocycles. The Labute approximate surface area is 161 Å². The Morgan fingerprint density at radius 2 is 2.00 bits per heavy atom. The monoisotopic (exact) mass is 403 g/mol. The fraction of sp³-hybridized carbons (Fsp3) is 0.167. The first-order valence-electron chi connectivity index (χ1n) is 8.02. The molecule has 0 unspecified atom stereocenters. The average Bonchev–Trinajstić information content (AvgIpc) is 2.95. The zero-order chi connectivity index (χ0) is 20.3. The van der Waals surface area contributed by atoms with Gasteiger partial charge in [-0.3, -0.25) is 9.71 Å². The summed E-state index contributed by atoms with van der Waals surface area (Å²) in [5.74, 6) is -0.151. The van der Waals surface area contributed by atoms with Crippen molar-refractivity contribution in [2.24, 2.45) is 9.98 Å². The standard InChI is InChI=1S/C18H17N3O6S/c1-26-15-7-11(3-6-14(15)22)9-19-10-20-17-13-5-4-12(18(23)27-2)8-16(13)28(24,25)21-17/h3-9,22H,10H2,1-2H3,(H,20,21). The summed E-state index contributed by atoms with van der Waals surface area (Å²) in [5, 5.41) is 9.58. The molecule has 1 aliphatic heterocycles. The maximum atomic E-state index is 12.3. The van der Waals surface area contributed by atoms with E-state index in [1.54, 1.807) is 12.1 Å². The number of nitrogens with zero attached hydrogens (tertiary/aromatic N) is 2. The first-order valence-corrected chi connectivity index (χ1v) is 9.51. The van der Waals surface area contributed by atoms with Crippen molar-refractivity contribution in [1.29, 1.82) is 0 Å². The Balaban J connectivity index is 1.80. The number of hydrogen-bond acceptors (Lipinski definition) is 8. The highest BCUT2D eigenvalue weighted by atomic mass is 32.2. The topological polar surface area (TPSA) is 127 Å². The molecule has 0 radical (unpaired) electrons. The molecule has 1 aliphatic rings. The molecule has 0 fully saturated rings. The molecule has 0 amide bonds. The van der Waals surface area contributed by atoms with Gasteiger partial charge in [0.25, 0.3) is 10.0 Å². The summed E-state index contributed by atoms with van der Waals surface area (Å²) < 4.78 is 36.5. The second-order valence-electron chi connectivity index (χ2n) is 5.70. The smallest absolute Gasteiger partial charge is 0.337 e. The van der Waals surface area contributed by atoms with E-state index in [0.29, 0.717) is 16.9 Å². The van der Waals surface area contributed by atoms with E-state index in [1.807, 2.05) is 0 Å². The molecule has 0 spiro atoms. The molecule has 0 saturated carbocycles. The average molecular weight is 403 g/mol. The number of aromatic hydroxyl groups is 1. The molecule has 0 saturated heterocycles. The fourth-order valence-corrected chi connectivity index (χ4v) is 3.85. The van der Waals surface area contributed by atoms with Crippen molar-refractivity contribution in [3.8, 4) is 11.5 Å². The van der Waals surface area contributed by atoms with Crippen molar-refractivity contribution < 1.29 is 27.8 Å². The van der Waals surface area contributed by atoms with Gasteiger partial charge in [0.15, 0.2) is 11.5 Å². The molecular formula is C18H17N3O6S. The van der Waals surface area contributed by atoms with Crippen LogP contribution in [0.2, 0.25) is 0 Å². The number of hydrogen-bond donors (Lipinski definition) is 2. The van der Waals surface area contributed by atoms with Crippen molar-refractivity contribution in [1.82, 2.24) is 4.72 Å². The van der Waals surface area contributed by atoms with Crippen LogP contribution in [0, 0.1) is 0 Å². The summed E-state index contributed by atoms with van der Waals surface area (Å²) in [6, 6.07) is 8.94. The molecule has 0 atom stereocenters. The van der Waals surface area contributed by atoms with E-state index in [1.165, 1.54) is 44.7 Å². The number of rotatable bonds is 5. The second-order valence-corrected chi connectivity index (χ2v) is 7.35. The van der Waals surface area contributed by atoms with Crippen molar-refractivity contribution in [2.75, 3.05) is 20.9 Å². The van der Waals surface area contributed by atoms with Gasteiger partial charge in [0, 0.05) is 11.8 Å². The van der Waals surface area contributed by atoms with Crippen LogP contribution >= 0.6 is 0 Å². The molecule has 2 aromatic rings. The Morgan fingerprint density at radius 3 is 2.71 bits per heavy atom. The van der Waals surface area contributed by atoms with E-state index in [9.17, 15) is 18.3 Å². The largest absolute Gasteiger partial charge is 0.504 e. The van der Waals surface area contributed by atoms with Crippen LogP contribution in [0.4, 0.5) is 0 Å². The summed E-state index contributed by atoms with van der Waals surface area (Å²) in [6.45, 7) is -0.0285. The van der Waals surface area contributed by atoms with E-state index in [4.69, 9.17) is 4.74 Å². The lowest BCUT2D eigenvalue weighted by atomic mass is 10.1. The Hall–Kier alpha value is -3.40. The molecule has 9 nitrogen and oxygen atoms in total. The minimum atomic E-state index is -3.81. The molecular weight excluding hydrogens is 386 g/mol. The third-order valence-corrected chi connectivity index (χ3v) is 5.31. The van der Waals surface area contributed by atoms with Crippen molar-refractivity contribution in [2.45, 2.75) is 4.90 Å². The Bertz CT molecular complexity index is 1090. The van der Waals surface area contributed by atoms with Gasteiger partial charge in [-0.1, -0.05) is 0 Å². The van der Waals surface area contributed by atoms with E-state index in [0.717, 1.165) is 0 Å². The third kappa shape index (κ3) is 3.81. The quantitative estimate of drug-likeness (QED) is 0.572. The number of phenolic OH excluding ortho intramolecular Hbond substituents is 1. The van der Waals surface area contributed by atoms with E-state index < -0.39 is 16.0 Å². The minimum absolute atomic E-state index is 0.0168. The SMILES string of the molecule is COC(=O)c1ccc2c(c1)S(=O)(=O)NC2=NCN=Cc1ccc(O)c(OC)c1. The zero-order valence-electron chi connectivity index (χ0n) is 15.0. The van der Waals surface area contributed by atoms with Crippen LogP contribution in [0.15, 0.2) is 51.3 Å². The van der Waals surface area contributed by atoms with Crippen LogP contribution in [0.3, 0.4) is 0 Å². The lowest BCUT2D eigenvalue weighted by Crippen LogP contribution is -2.22. The Morgan fingerprint density at radius 1 is 1.21 bits per heavy atom. The van der Waals surface area contributed by atoms with E-state index in [2.05, 4.69) is 19.4 Å².